The Bertz CT molecular complexity index is 838. The molecule has 0 aliphatic heterocycles. The molecule has 0 saturated heterocycles. The third-order valence-corrected chi connectivity index (χ3v) is 4.75. The molecule has 23 heavy (non-hydrogen) atoms. The van der Waals surface area contributed by atoms with Crippen LogP contribution in [0.25, 0.3) is 0 Å². The van der Waals surface area contributed by atoms with Gasteiger partial charge in [-0.15, -0.1) is 22.7 Å². The molecular formula is C14H16BrN5OS2. The fraction of sp³-hybridized carbons (Fsp3) is 0.214. The van der Waals surface area contributed by atoms with Crippen LogP contribution >= 0.6 is 38.6 Å². The molecule has 0 fully saturated rings. The van der Waals surface area contributed by atoms with Crippen molar-refractivity contribution in [3.63, 3.8) is 0 Å². The second-order valence-electron chi connectivity index (χ2n) is 4.73. The number of thiazole rings is 2. The zero-order chi connectivity index (χ0) is 17.0. The second kappa shape index (κ2) is 7.71. The number of nitrogens with one attached hydrogen (secondary N) is 1. The molecule has 6 nitrogen and oxygen atoms in total. The first-order valence-corrected chi connectivity index (χ1v) is 9.13. The lowest BCUT2D eigenvalue weighted by Crippen LogP contribution is -2.19. The molecule has 0 aromatic carbocycles. The van der Waals surface area contributed by atoms with Crippen molar-refractivity contribution < 1.29 is 0 Å². The van der Waals surface area contributed by atoms with Crippen molar-refractivity contribution >= 4 is 54.6 Å². The monoisotopic (exact) mass is 413 g/mol. The van der Waals surface area contributed by atoms with Crippen LogP contribution in [0.5, 0.6) is 0 Å². The number of pyridine rings is 1. The Kier molecular flexibility index (Phi) is 5.91. The molecule has 3 aromatic rings. The number of rotatable bonds is 2. The van der Waals surface area contributed by atoms with E-state index >= 15 is 0 Å². The third-order valence-electron chi connectivity index (χ3n) is 2.65. The van der Waals surface area contributed by atoms with Crippen LogP contribution in [0.4, 0.5) is 16.0 Å². The topological polar surface area (TPSA) is 85.8 Å². The van der Waals surface area contributed by atoms with Crippen LogP contribution < -0.4 is 16.6 Å². The molecule has 0 radical (unpaired) electrons. The normalized spacial score (nSPS) is 10.1. The van der Waals surface area contributed by atoms with Crippen molar-refractivity contribution in [2.24, 2.45) is 7.05 Å². The van der Waals surface area contributed by atoms with E-state index in [-0.39, 0.29) is 5.56 Å². The van der Waals surface area contributed by atoms with Gasteiger partial charge in [-0.2, -0.15) is 0 Å². The summed E-state index contributed by atoms with van der Waals surface area (Å²) in [5, 5.41) is 8.26. The maximum Gasteiger partial charge on any atom is 0.274 e. The SMILES string of the molecule is Cc1csc(N)n1.Cc1csc(Nc2cc(Br)cn(C)c2=O)n1. The Morgan fingerprint density at radius 2 is 1.87 bits per heavy atom. The molecule has 0 atom stereocenters. The van der Waals surface area contributed by atoms with Crippen LogP contribution in [0.3, 0.4) is 0 Å². The highest BCUT2D eigenvalue weighted by Crippen LogP contribution is 2.20. The maximum absolute atomic E-state index is 11.8. The highest BCUT2D eigenvalue weighted by Gasteiger charge is 2.05. The van der Waals surface area contributed by atoms with Crippen molar-refractivity contribution in [3.05, 3.63) is 49.2 Å². The lowest BCUT2D eigenvalue weighted by atomic mass is 10.4. The summed E-state index contributed by atoms with van der Waals surface area (Å²) in [5.41, 5.74) is 7.68. The van der Waals surface area contributed by atoms with Gasteiger partial charge in [-0.05, 0) is 35.8 Å². The molecule has 122 valence electrons. The standard InChI is InChI=1S/C10H10BrN3OS.C4H6N2S/c1-6-5-16-10(12-6)13-8-3-7(11)4-14(2)9(8)15;1-3-2-7-4(5)6-3/h3-5H,1-2H3,(H,12,13);2H,1H3,(H2,5,6). The average Bonchev–Trinajstić information content (AvgIpc) is 3.04. The summed E-state index contributed by atoms with van der Waals surface area (Å²) < 4.78 is 2.37. The van der Waals surface area contributed by atoms with Crippen molar-refractivity contribution in [2.75, 3.05) is 11.1 Å². The van der Waals surface area contributed by atoms with Crippen LogP contribution in [0.1, 0.15) is 11.4 Å². The van der Waals surface area contributed by atoms with E-state index in [1.165, 1.54) is 27.2 Å². The number of nitrogens with two attached hydrogens (primary N) is 1. The molecule has 0 bridgehead atoms. The Balaban J connectivity index is 0.000000229. The minimum Gasteiger partial charge on any atom is -0.375 e. The van der Waals surface area contributed by atoms with E-state index in [4.69, 9.17) is 5.73 Å². The predicted molar refractivity (Wildman–Crippen MR) is 101 cm³/mol. The summed E-state index contributed by atoms with van der Waals surface area (Å²) in [6.07, 6.45) is 1.72. The summed E-state index contributed by atoms with van der Waals surface area (Å²) in [4.78, 5) is 19.9. The molecule has 0 spiro atoms. The van der Waals surface area contributed by atoms with Crippen molar-refractivity contribution in [1.29, 1.82) is 0 Å². The minimum absolute atomic E-state index is 0.0731. The quantitative estimate of drug-likeness (QED) is 0.668. The van der Waals surface area contributed by atoms with E-state index in [2.05, 4.69) is 31.2 Å². The molecule has 0 unspecified atom stereocenters. The second-order valence-corrected chi connectivity index (χ2v) is 7.40. The van der Waals surface area contributed by atoms with Gasteiger partial charge >= 0.3 is 0 Å². The van der Waals surface area contributed by atoms with E-state index in [9.17, 15) is 4.79 Å². The minimum atomic E-state index is -0.0731. The molecular weight excluding hydrogens is 398 g/mol. The van der Waals surface area contributed by atoms with Crippen molar-refractivity contribution in [1.82, 2.24) is 14.5 Å². The predicted octanol–water partition coefficient (Wildman–Crippen LogP) is 3.69. The van der Waals surface area contributed by atoms with E-state index in [0.29, 0.717) is 10.8 Å². The third kappa shape index (κ3) is 5.15. The summed E-state index contributed by atoms with van der Waals surface area (Å²) in [6, 6.07) is 1.75. The first kappa shape index (κ1) is 17.6. The Labute approximate surface area is 150 Å². The van der Waals surface area contributed by atoms with Gasteiger partial charge in [0.2, 0.25) is 0 Å². The molecule has 9 heteroatoms. The van der Waals surface area contributed by atoms with Gasteiger partial charge in [0.25, 0.3) is 5.56 Å². The van der Waals surface area contributed by atoms with E-state index in [1.807, 2.05) is 24.6 Å². The van der Waals surface area contributed by atoms with Crippen molar-refractivity contribution in [2.45, 2.75) is 13.8 Å². The van der Waals surface area contributed by atoms with Crippen LogP contribution in [-0.2, 0) is 7.05 Å². The van der Waals surface area contributed by atoms with Gasteiger partial charge in [0.05, 0.1) is 11.4 Å². The number of nitrogen functional groups attached to an aromatic ring is 1. The average molecular weight is 414 g/mol. The summed E-state index contributed by atoms with van der Waals surface area (Å²) in [7, 11) is 1.71. The highest BCUT2D eigenvalue weighted by molar-refractivity contribution is 9.10. The molecule has 0 saturated carbocycles. The largest absolute Gasteiger partial charge is 0.375 e. The molecule has 3 rings (SSSR count). The van der Waals surface area contributed by atoms with Crippen molar-refractivity contribution in [3.8, 4) is 0 Å². The smallest absolute Gasteiger partial charge is 0.274 e. The van der Waals surface area contributed by atoms with Crippen LogP contribution in [0, 0.1) is 13.8 Å². The summed E-state index contributed by atoms with van der Waals surface area (Å²) in [5.74, 6) is 0. The zero-order valence-electron chi connectivity index (χ0n) is 12.8. The number of hydrogen-bond donors (Lipinski definition) is 2. The summed E-state index contributed by atoms with van der Waals surface area (Å²) >= 11 is 6.30. The van der Waals surface area contributed by atoms with Gasteiger partial charge in [0.1, 0.15) is 5.69 Å². The Morgan fingerprint density at radius 1 is 1.22 bits per heavy atom. The molecule has 0 aliphatic rings. The first-order chi connectivity index (χ1) is 10.8. The van der Waals surface area contributed by atoms with Gasteiger partial charge in [0, 0.05) is 28.5 Å². The molecule has 3 N–H and O–H groups in total. The fourth-order valence-electron chi connectivity index (χ4n) is 1.66. The Hall–Kier alpha value is -1.71. The number of halogens is 1. The van der Waals surface area contributed by atoms with Crippen LogP contribution in [0.15, 0.2) is 32.3 Å². The number of anilines is 3. The maximum atomic E-state index is 11.8. The van der Waals surface area contributed by atoms with Gasteiger partial charge in [-0.3, -0.25) is 4.79 Å². The van der Waals surface area contributed by atoms with E-state index < -0.39 is 0 Å². The van der Waals surface area contributed by atoms with Crippen LogP contribution in [-0.4, -0.2) is 14.5 Å². The number of nitrogens with zero attached hydrogens (tertiary/aromatic N) is 3. The van der Waals surface area contributed by atoms with Gasteiger partial charge in [-0.1, -0.05) is 0 Å². The molecule has 3 heterocycles. The molecule has 3 aromatic heterocycles. The number of aryl methyl sites for hydroxylation is 3. The lowest BCUT2D eigenvalue weighted by Gasteiger charge is -2.05. The van der Waals surface area contributed by atoms with Gasteiger partial charge in [0.15, 0.2) is 10.3 Å². The summed E-state index contributed by atoms with van der Waals surface area (Å²) in [6.45, 7) is 3.84. The first-order valence-electron chi connectivity index (χ1n) is 6.58. The fourth-order valence-corrected chi connectivity index (χ4v) is 3.44. The number of hydrogen-bond acceptors (Lipinski definition) is 7. The van der Waals surface area contributed by atoms with Crippen LogP contribution in [0.2, 0.25) is 0 Å². The highest BCUT2D eigenvalue weighted by atomic mass is 79.9. The molecule has 0 amide bonds. The van der Waals surface area contributed by atoms with Gasteiger partial charge in [-0.25, -0.2) is 9.97 Å². The van der Waals surface area contributed by atoms with Gasteiger partial charge < -0.3 is 15.6 Å². The Morgan fingerprint density at radius 3 is 2.35 bits per heavy atom. The molecule has 0 aliphatic carbocycles. The van der Waals surface area contributed by atoms with E-state index in [0.717, 1.165) is 21.0 Å². The lowest BCUT2D eigenvalue weighted by molar-refractivity contribution is 0.858. The van der Waals surface area contributed by atoms with E-state index in [1.54, 1.807) is 19.3 Å². The zero-order valence-corrected chi connectivity index (χ0v) is 16.1. The number of aromatic nitrogens is 3.